The Morgan fingerprint density at radius 2 is 1.87 bits per heavy atom. The number of fused-ring (bicyclic) bond motifs is 1. The number of hydrogen-bond donors (Lipinski definition) is 1. The Bertz CT molecular complexity index is 1340. The molecule has 0 fully saturated rings. The molecule has 10 nitrogen and oxygen atoms in total. The number of nitrogens with two attached hydrogens (primary N) is 1. The van der Waals surface area contributed by atoms with E-state index in [0.29, 0.717) is 16.0 Å². The number of carbonyl (C=O) groups is 2. The van der Waals surface area contributed by atoms with Crippen LogP contribution in [-0.4, -0.2) is 46.2 Å². The van der Waals surface area contributed by atoms with Crippen LogP contribution < -0.4 is 19.4 Å². The van der Waals surface area contributed by atoms with Crippen LogP contribution in [0, 0.1) is 0 Å². The molecule has 31 heavy (non-hydrogen) atoms. The lowest BCUT2D eigenvalue weighted by Gasteiger charge is -2.10. The summed E-state index contributed by atoms with van der Waals surface area (Å²) in [5.74, 6) is -0.619. The first-order chi connectivity index (χ1) is 14.7. The Balaban J connectivity index is 2.22. The SMILES string of the molecule is COC(=O)Cn1c(=NC(=O)c2cccc(OC)c2OC)sc2cc(S(N)(=O)=O)ccc21. The number of thiazole rings is 1. The molecule has 0 spiro atoms. The van der Waals surface area contributed by atoms with Crippen molar-refractivity contribution in [3.63, 3.8) is 0 Å². The van der Waals surface area contributed by atoms with Gasteiger partial charge in [0.05, 0.1) is 42.0 Å². The van der Waals surface area contributed by atoms with Crippen molar-refractivity contribution in [2.24, 2.45) is 10.1 Å². The van der Waals surface area contributed by atoms with Crippen molar-refractivity contribution in [1.82, 2.24) is 4.57 Å². The van der Waals surface area contributed by atoms with Crippen molar-refractivity contribution in [2.75, 3.05) is 21.3 Å². The third-order valence-corrected chi connectivity index (χ3v) is 6.28. The van der Waals surface area contributed by atoms with Gasteiger partial charge in [0.1, 0.15) is 6.54 Å². The van der Waals surface area contributed by atoms with Crippen LogP contribution in [0.2, 0.25) is 0 Å². The molecular weight excluding hydrogens is 446 g/mol. The molecule has 0 atom stereocenters. The zero-order valence-corrected chi connectivity index (χ0v) is 18.5. The smallest absolute Gasteiger partial charge is 0.325 e. The fourth-order valence-corrected chi connectivity index (χ4v) is 4.55. The average molecular weight is 466 g/mol. The monoisotopic (exact) mass is 465 g/mol. The summed E-state index contributed by atoms with van der Waals surface area (Å²) in [4.78, 5) is 29.1. The van der Waals surface area contributed by atoms with Gasteiger partial charge in [-0.2, -0.15) is 4.99 Å². The average Bonchev–Trinajstić information content (AvgIpc) is 3.08. The first-order valence-corrected chi connectivity index (χ1v) is 11.1. The summed E-state index contributed by atoms with van der Waals surface area (Å²) in [6.45, 7) is -0.230. The molecule has 1 aromatic heterocycles. The van der Waals surface area contributed by atoms with E-state index in [4.69, 9.17) is 19.3 Å². The zero-order chi connectivity index (χ0) is 22.8. The molecule has 0 unspecified atom stereocenters. The number of carbonyl (C=O) groups excluding carboxylic acids is 2. The number of esters is 1. The van der Waals surface area contributed by atoms with Crippen molar-refractivity contribution >= 4 is 43.5 Å². The van der Waals surface area contributed by atoms with Gasteiger partial charge in [0.25, 0.3) is 5.91 Å². The maximum atomic E-state index is 12.9. The molecular formula is C19H19N3O7S2. The van der Waals surface area contributed by atoms with Crippen LogP contribution >= 0.6 is 11.3 Å². The first-order valence-electron chi connectivity index (χ1n) is 8.72. The van der Waals surface area contributed by atoms with Crippen molar-refractivity contribution in [3.05, 3.63) is 46.8 Å². The maximum Gasteiger partial charge on any atom is 0.325 e. The summed E-state index contributed by atoms with van der Waals surface area (Å²) >= 11 is 1.03. The Kier molecular flexibility index (Phi) is 6.43. The van der Waals surface area contributed by atoms with E-state index >= 15 is 0 Å². The molecule has 2 N–H and O–H groups in total. The molecule has 1 heterocycles. The van der Waals surface area contributed by atoms with Crippen LogP contribution in [0.4, 0.5) is 0 Å². The molecule has 0 aliphatic rings. The van der Waals surface area contributed by atoms with E-state index in [0.717, 1.165) is 11.3 Å². The Labute approximate surface area is 181 Å². The minimum absolute atomic E-state index is 0.0983. The largest absolute Gasteiger partial charge is 0.493 e. The number of hydrogen-bond acceptors (Lipinski definition) is 8. The fraction of sp³-hybridized carbons (Fsp3) is 0.211. The highest BCUT2D eigenvalue weighted by atomic mass is 32.2. The van der Waals surface area contributed by atoms with Crippen molar-refractivity contribution < 1.29 is 32.2 Å². The number of primary sulfonamides is 1. The topological polar surface area (TPSA) is 139 Å². The molecule has 2 aromatic carbocycles. The van der Waals surface area contributed by atoms with Crippen LogP contribution in [0.3, 0.4) is 0 Å². The number of ether oxygens (including phenoxy) is 3. The lowest BCUT2D eigenvalue weighted by molar-refractivity contribution is -0.141. The fourth-order valence-electron chi connectivity index (χ4n) is 2.86. The van der Waals surface area contributed by atoms with Gasteiger partial charge >= 0.3 is 5.97 Å². The second-order valence-electron chi connectivity index (χ2n) is 6.18. The Hall–Kier alpha value is -3.22. The number of sulfonamides is 1. The molecule has 0 aliphatic carbocycles. The Morgan fingerprint density at radius 1 is 1.13 bits per heavy atom. The molecule has 0 saturated carbocycles. The molecule has 1 amide bonds. The van der Waals surface area contributed by atoms with Gasteiger partial charge in [-0.05, 0) is 30.3 Å². The number of nitrogens with zero attached hydrogens (tertiary/aromatic N) is 2. The van der Waals surface area contributed by atoms with Crippen LogP contribution in [0.25, 0.3) is 10.2 Å². The minimum atomic E-state index is -3.93. The highest BCUT2D eigenvalue weighted by Gasteiger charge is 2.18. The van der Waals surface area contributed by atoms with E-state index in [9.17, 15) is 18.0 Å². The van der Waals surface area contributed by atoms with Crippen LogP contribution in [0.15, 0.2) is 46.3 Å². The second kappa shape index (κ2) is 8.88. The van der Waals surface area contributed by atoms with Gasteiger partial charge in [-0.15, -0.1) is 0 Å². The first kappa shape index (κ1) is 22.5. The molecule has 0 radical (unpaired) electrons. The molecule has 3 aromatic rings. The summed E-state index contributed by atoms with van der Waals surface area (Å²) in [6.07, 6.45) is 0. The van der Waals surface area contributed by atoms with Crippen molar-refractivity contribution in [2.45, 2.75) is 11.4 Å². The third kappa shape index (κ3) is 4.60. The zero-order valence-electron chi connectivity index (χ0n) is 16.8. The van der Waals surface area contributed by atoms with Gasteiger partial charge in [0.2, 0.25) is 10.0 Å². The molecule has 12 heteroatoms. The van der Waals surface area contributed by atoms with E-state index in [2.05, 4.69) is 4.99 Å². The maximum absolute atomic E-state index is 12.9. The number of aromatic nitrogens is 1. The van der Waals surface area contributed by atoms with Crippen molar-refractivity contribution in [3.8, 4) is 11.5 Å². The van der Waals surface area contributed by atoms with Gasteiger partial charge < -0.3 is 18.8 Å². The normalized spacial score (nSPS) is 12.1. The van der Waals surface area contributed by atoms with E-state index in [1.165, 1.54) is 50.2 Å². The number of methoxy groups -OCH3 is 3. The van der Waals surface area contributed by atoms with Gasteiger partial charge in [-0.25, -0.2) is 13.6 Å². The minimum Gasteiger partial charge on any atom is -0.493 e. The molecule has 0 saturated heterocycles. The van der Waals surface area contributed by atoms with Crippen LogP contribution in [-0.2, 0) is 26.1 Å². The summed E-state index contributed by atoms with van der Waals surface area (Å²) in [7, 11) is 0.155. The lowest BCUT2D eigenvalue weighted by Crippen LogP contribution is -2.22. The summed E-state index contributed by atoms with van der Waals surface area (Å²) in [5.41, 5.74) is 0.654. The molecule has 0 bridgehead atoms. The predicted octanol–water partition coefficient (Wildman–Crippen LogP) is 1.28. The highest BCUT2D eigenvalue weighted by molar-refractivity contribution is 7.89. The Morgan fingerprint density at radius 3 is 2.48 bits per heavy atom. The highest BCUT2D eigenvalue weighted by Crippen LogP contribution is 2.31. The summed E-state index contributed by atoms with van der Waals surface area (Å²) in [5, 5.41) is 5.20. The standard InChI is InChI=1S/C19H19N3O7S2/c1-27-14-6-4-5-12(17(14)29-3)18(24)21-19-22(10-16(23)28-2)13-8-7-11(31(20,25)26)9-15(13)30-19/h4-9H,10H2,1-3H3,(H2,20,25,26). The van der Waals surface area contributed by atoms with Gasteiger partial charge in [-0.3, -0.25) is 9.59 Å². The number of rotatable bonds is 6. The van der Waals surface area contributed by atoms with E-state index in [-0.39, 0.29) is 27.6 Å². The number of amides is 1. The van der Waals surface area contributed by atoms with E-state index < -0.39 is 21.9 Å². The quantitative estimate of drug-likeness (QED) is 0.541. The summed E-state index contributed by atoms with van der Waals surface area (Å²) in [6, 6.07) is 8.96. The van der Waals surface area contributed by atoms with Gasteiger partial charge in [-0.1, -0.05) is 17.4 Å². The van der Waals surface area contributed by atoms with Gasteiger partial charge in [0.15, 0.2) is 16.3 Å². The second-order valence-corrected chi connectivity index (χ2v) is 8.75. The van der Waals surface area contributed by atoms with Crippen molar-refractivity contribution in [1.29, 1.82) is 0 Å². The molecule has 0 aliphatic heterocycles. The van der Waals surface area contributed by atoms with E-state index in [1.807, 2.05) is 0 Å². The van der Waals surface area contributed by atoms with Crippen LogP contribution in [0.5, 0.6) is 11.5 Å². The third-order valence-electron chi connectivity index (χ3n) is 4.33. The van der Waals surface area contributed by atoms with Gasteiger partial charge in [0, 0.05) is 0 Å². The van der Waals surface area contributed by atoms with E-state index in [1.54, 1.807) is 12.1 Å². The predicted molar refractivity (Wildman–Crippen MR) is 113 cm³/mol. The number of benzene rings is 2. The number of para-hydroxylation sites is 1. The van der Waals surface area contributed by atoms with Crippen LogP contribution in [0.1, 0.15) is 10.4 Å². The summed E-state index contributed by atoms with van der Waals surface area (Å²) < 4.78 is 40.5. The lowest BCUT2D eigenvalue weighted by atomic mass is 10.2. The molecule has 164 valence electrons. The molecule has 3 rings (SSSR count).